The lowest BCUT2D eigenvalue weighted by molar-refractivity contribution is 0.0517. The number of aliphatic hydroxyl groups is 1. The maximum Gasteiger partial charge on any atom is 0.0618 e. The number of hydrogen-bond donors (Lipinski definition) is 1. The zero-order chi connectivity index (χ0) is 10.4. The van der Waals surface area contributed by atoms with Gasteiger partial charge in [0.2, 0.25) is 0 Å². The summed E-state index contributed by atoms with van der Waals surface area (Å²) in [4.78, 5) is 2.30. The second-order valence-electron chi connectivity index (χ2n) is 3.76. The highest BCUT2D eigenvalue weighted by Gasteiger charge is 2.32. The predicted octanol–water partition coefficient (Wildman–Crippen LogP) is 0.104. The Labute approximate surface area is 85.8 Å². The molecule has 0 radical (unpaired) electrons. The van der Waals surface area contributed by atoms with Crippen molar-refractivity contribution in [2.75, 3.05) is 40.6 Å². The van der Waals surface area contributed by atoms with E-state index in [1.165, 1.54) is 0 Å². The maximum atomic E-state index is 8.98. The van der Waals surface area contributed by atoms with Gasteiger partial charge in [0.05, 0.1) is 19.8 Å². The normalized spacial score (nSPS) is 28.5. The Morgan fingerprint density at radius 3 is 2.00 bits per heavy atom. The molecule has 0 unspecified atom stereocenters. The molecule has 0 spiro atoms. The third-order valence-electron chi connectivity index (χ3n) is 2.85. The first-order valence-electron chi connectivity index (χ1n) is 5.18. The molecule has 1 fully saturated rings. The summed E-state index contributed by atoms with van der Waals surface area (Å²) in [7, 11) is 3.45. The highest BCUT2D eigenvalue weighted by Crippen LogP contribution is 2.23. The van der Waals surface area contributed by atoms with E-state index in [0.717, 1.165) is 32.6 Å². The fourth-order valence-corrected chi connectivity index (χ4v) is 2.24. The molecule has 0 aromatic rings. The summed E-state index contributed by atoms with van der Waals surface area (Å²) >= 11 is 0. The van der Waals surface area contributed by atoms with Crippen molar-refractivity contribution < 1.29 is 14.6 Å². The lowest BCUT2D eigenvalue weighted by atomic mass is 10.2. The molecule has 0 aromatic carbocycles. The summed E-state index contributed by atoms with van der Waals surface area (Å²) in [6.07, 6.45) is 2.28. The number of ether oxygens (including phenoxy) is 2. The molecule has 0 aromatic heterocycles. The number of likely N-dealkylation sites (tertiary alicyclic amines) is 1. The monoisotopic (exact) mass is 203 g/mol. The van der Waals surface area contributed by atoms with Gasteiger partial charge in [-0.1, -0.05) is 0 Å². The van der Waals surface area contributed by atoms with Crippen LogP contribution in [0.15, 0.2) is 0 Å². The van der Waals surface area contributed by atoms with Crippen molar-refractivity contribution in [3.63, 3.8) is 0 Å². The summed E-state index contributed by atoms with van der Waals surface area (Å²) < 4.78 is 10.3. The van der Waals surface area contributed by atoms with Crippen LogP contribution >= 0.6 is 0 Å². The van der Waals surface area contributed by atoms with Crippen LogP contribution in [0, 0.1) is 0 Å². The average Bonchev–Trinajstić information content (AvgIpc) is 2.52. The van der Waals surface area contributed by atoms with Crippen molar-refractivity contribution in [1.29, 1.82) is 0 Å². The Kier molecular flexibility index (Phi) is 5.40. The molecular formula is C10H21NO3. The first-order chi connectivity index (χ1) is 6.83. The van der Waals surface area contributed by atoms with Crippen LogP contribution in [0.2, 0.25) is 0 Å². The molecule has 1 aliphatic heterocycles. The quantitative estimate of drug-likeness (QED) is 0.665. The largest absolute Gasteiger partial charge is 0.395 e. The maximum absolute atomic E-state index is 8.98. The number of methoxy groups -OCH3 is 2. The van der Waals surface area contributed by atoms with Crippen LogP contribution in [0.25, 0.3) is 0 Å². The number of aliphatic hydroxyl groups excluding tert-OH is 1. The van der Waals surface area contributed by atoms with Gasteiger partial charge in [-0.2, -0.15) is 0 Å². The molecule has 84 valence electrons. The molecule has 1 aliphatic rings. The second-order valence-corrected chi connectivity index (χ2v) is 3.76. The second kappa shape index (κ2) is 6.35. The van der Waals surface area contributed by atoms with Gasteiger partial charge in [-0.3, -0.25) is 4.90 Å². The van der Waals surface area contributed by atoms with E-state index in [4.69, 9.17) is 14.6 Å². The van der Waals surface area contributed by atoms with E-state index in [1.807, 2.05) is 0 Å². The van der Waals surface area contributed by atoms with E-state index in [0.29, 0.717) is 12.1 Å². The van der Waals surface area contributed by atoms with E-state index < -0.39 is 0 Å². The van der Waals surface area contributed by atoms with Gasteiger partial charge in [-0.05, 0) is 12.8 Å². The Bertz CT molecular complexity index is 140. The molecule has 1 rings (SSSR count). The first-order valence-corrected chi connectivity index (χ1v) is 5.18. The highest BCUT2D eigenvalue weighted by atomic mass is 16.5. The third kappa shape index (κ3) is 2.92. The zero-order valence-electron chi connectivity index (χ0n) is 9.11. The first kappa shape index (κ1) is 11.9. The van der Waals surface area contributed by atoms with Crippen LogP contribution in [0.5, 0.6) is 0 Å². The number of hydrogen-bond acceptors (Lipinski definition) is 4. The minimum atomic E-state index is 0.209. The number of rotatable bonds is 6. The third-order valence-corrected chi connectivity index (χ3v) is 2.85. The van der Waals surface area contributed by atoms with E-state index in [1.54, 1.807) is 14.2 Å². The van der Waals surface area contributed by atoms with Crippen molar-refractivity contribution in [3.05, 3.63) is 0 Å². The topological polar surface area (TPSA) is 41.9 Å². The molecule has 0 aliphatic carbocycles. The lowest BCUT2D eigenvalue weighted by Crippen LogP contribution is -2.42. The fourth-order valence-electron chi connectivity index (χ4n) is 2.24. The summed E-state index contributed by atoms with van der Waals surface area (Å²) in [6.45, 7) is 2.43. The van der Waals surface area contributed by atoms with Gasteiger partial charge < -0.3 is 14.6 Å². The highest BCUT2D eigenvalue weighted by molar-refractivity contribution is 4.87. The molecule has 1 N–H and O–H groups in total. The molecule has 2 atom stereocenters. The summed E-state index contributed by atoms with van der Waals surface area (Å²) in [5.41, 5.74) is 0. The minimum absolute atomic E-state index is 0.209. The van der Waals surface area contributed by atoms with Gasteiger partial charge in [0.1, 0.15) is 0 Å². The van der Waals surface area contributed by atoms with E-state index in [9.17, 15) is 0 Å². The van der Waals surface area contributed by atoms with Gasteiger partial charge in [-0.15, -0.1) is 0 Å². The van der Waals surface area contributed by atoms with Crippen LogP contribution in [0.3, 0.4) is 0 Å². The molecule has 0 amide bonds. The Hall–Kier alpha value is -0.160. The Balaban J connectivity index is 2.45. The SMILES string of the molecule is COC[C@H]1CC[C@H](COC)N1CCO. The van der Waals surface area contributed by atoms with E-state index in [-0.39, 0.29) is 6.61 Å². The van der Waals surface area contributed by atoms with Gasteiger partial charge in [0, 0.05) is 32.8 Å². The molecule has 4 heteroatoms. The van der Waals surface area contributed by atoms with Crippen molar-refractivity contribution >= 4 is 0 Å². The molecular weight excluding hydrogens is 182 g/mol. The Morgan fingerprint density at radius 1 is 1.14 bits per heavy atom. The van der Waals surface area contributed by atoms with Gasteiger partial charge in [0.15, 0.2) is 0 Å². The lowest BCUT2D eigenvalue weighted by Gasteiger charge is -2.28. The van der Waals surface area contributed by atoms with Gasteiger partial charge in [-0.25, -0.2) is 0 Å². The van der Waals surface area contributed by atoms with E-state index in [2.05, 4.69) is 4.90 Å². The summed E-state index contributed by atoms with van der Waals surface area (Å²) in [5.74, 6) is 0. The van der Waals surface area contributed by atoms with Crippen LogP contribution in [-0.4, -0.2) is 62.7 Å². The minimum Gasteiger partial charge on any atom is -0.395 e. The summed E-state index contributed by atoms with van der Waals surface area (Å²) in [5, 5.41) is 8.98. The average molecular weight is 203 g/mol. The van der Waals surface area contributed by atoms with E-state index >= 15 is 0 Å². The Morgan fingerprint density at radius 2 is 1.64 bits per heavy atom. The van der Waals surface area contributed by atoms with Gasteiger partial charge in [0.25, 0.3) is 0 Å². The van der Waals surface area contributed by atoms with Crippen LogP contribution in [0.4, 0.5) is 0 Å². The van der Waals surface area contributed by atoms with Crippen molar-refractivity contribution in [1.82, 2.24) is 4.90 Å². The molecule has 0 bridgehead atoms. The van der Waals surface area contributed by atoms with Crippen molar-refractivity contribution in [2.24, 2.45) is 0 Å². The van der Waals surface area contributed by atoms with Crippen molar-refractivity contribution in [3.8, 4) is 0 Å². The number of β-amino-alcohol motifs (C(OH)–C–C–N with tert-alkyl or cyclic N) is 1. The standard InChI is InChI=1S/C10H21NO3/c1-13-7-9-3-4-10(8-14-2)11(9)5-6-12/h9-10,12H,3-8H2,1-2H3/t9-,10-/m1/s1. The summed E-state index contributed by atoms with van der Waals surface area (Å²) in [6, 6.07) is 0.902. The van der Waals surface area contributed by atoms with Crippen LogP contribution in [0.1, 0.15) is 12.8 Å². The molecule has 0 saturated carbocycles. The predicted molar refractivity (Wildman–Crippen MR) is 54.4 cm³/mol. The van der Waals surface area contributed by atoms with Crippen molar-refractivity contribution in [2.45, 2.75) is 24.9 Å². The van der Waals surface area contributed by atoms with Crippen LogP contribution < -0.4 is 0 Å². The number of nitrogens with zero attached hydrogens (tertiary/aromatic N) is 1. The molecule has 1 saturated heterocycles. The fraction of sp³-hybridized carbons (Fsp3) is 1.00. The van der Waals surface area contributed by atoms with Gasteiger partial charge >= 0.3 is 0 Å². The molecule has 14 heavy (non-hydrogen) atoms. The molecule has 1 heterocycles. The molecule has 4 nitrogen and oxygen atoms in total. The smallest absolute Gasteiger partial charge is 0.0618 e. The zero-order valence-corrected chi connectivity index (χ0v) is 9.11. The van der Waals surface area contributed by atoms with Crippen LogP contribution in [-0.2, 0) is 9.47 Å².